The Kier molecular flexibility index (Phi) is 2.63. The van der Waals surface area contributed by atoms with Crippen molar-refractivity contribution in [1.29, 1.82) is 0 Å². The molecular weight excluding hydrogens is 203 g/mol. The van der Waals surface area contributed by atoms with Gasteiger partial charge in [-0.15, -0.1) is 0 Å². The van der Waals surface area contributed by atoms with Crippen LogP contribution in [-0.4, -0.2) is 18.8 Å². The summed E-state index contributed by atoms with van der Waals surface area (Å²) in [6, 6.07) is -0.316. The lowest BCUT2D eigenvalue weighted by Gasteiger charge is -2.35. The van der Waals surface area contributed by atoms with Gasteiger partial charge in [0, 0.05) is 24.4 Å². The molecule has 0 aromatic rings. The van der Waals surface area contributed by atoms with Crippen molar-refractivity contribution in [2.24, 2.45) is 5.41 Å². The fourth-order valence-electron chi connectivity index (χ4n) is 2.32. The van der Waals surface area contributed by atoms with E-state index in [0.717, 1.165) is 12.2 Å². The lowest BCUT2D eigenvalue weighted by atomic mass is 9.75. The van der Waals surface area contributed by atoms with Crippen LogP contribution >= 0.6 is 0 Å². The number of allylic oxidation sites excluding steroid dienone is 3. The zero-order valence-corrected chi connectivity index (χ0v) is 8.56. The predicted molar refractivity (Wildman–Crippen MR) is 52.4 cm³/mol. The van der Waals surface area contributed by atoms with E-state index < -0.39 is 11.6 Å². The van der Waals surface area contributed by atoms with Gasteiger partial charge >= 0.3 is 0 Å². The van der Waals surface area contributed by atoms with Crippen molar-refractivity contribution in [1.82, 2.24) is 5.32 Å². The molecule has 1 fully saturated rings. The molecule has 0 bridgehead atoms. The fraction of sp³-hybridized carbons (Fsp3) is 0.636. The van der Waals surface area contributed by atoms with Crippen LogP contribution in [0.4, 0.5) is 13.2 Å². The molecule has 2 rings (SSSR count). The second-order valence-electron chi connectivity index (χ2n) is 4.52. The molecule has 1 heterocycles. The standard InChI is InChI=1S/C11H14F3N/c1-11(10-4-8(13)6-15-10)5-7(12)2-3-9(11)14/h2-3,8,10,15H,4-6H2,1H3/t8-,10+,11?/m0/s1. The monoisotopic (exact) mass is 217 g/mol. The molecule has 1 aliphatic carbocycles. The van der Waals surface area contributed by atoms with Crippen LogP contribution in [0.15, 0.2) is 23.8 Å². The number of halogens is 3. The topological polar surface area (TPSA) is 12.0 Å². The summed E-state index contributed by atoms with van der Waals surface area (Å²) in [4.78, 5) is 0. The summed E-state index contributed by atoms with van der Waals surface area (Å²) in [7, 11) is 0. The van der Waals surface area contributed by atoms with Crippen molar-refractivity contribution in [2.75, 3.05) is 6.54 Å². The molecule has 1 aliphatic heterocycles. The lowest BCUT2D eigenvalue weighted by Crippen LogP contribution is -2.41. The number of nitrogens with one attached hydrogen (secondary N) is 1. The summed E-state index contributed by atoms with van der Waals surface area (Å²) in [6.07, 6.45) is 1.60. The maximum Gasteiger partial charge on any atom is 0.114 e. The minimum Gasteiger partial charge on any atom is -0.310 e. The molecule has 1 saturated heterocycles. The van der Waals surface area contributed by atoms with E-state index in [1.165, 1.54) is 0 Å². The molecule has 0 aromatic heterocycles. The van der Waals surface area contributed by atoms with E-state index in [9.17, 15) is 13.2 Å². The van der Waals surface area contributed by atoms with E-state index in [-0.39, 0.29) is 37.1 Å². The van der Waals surface area contributed by atoms with Crippen molar-refractivity contribution < 1.29 is 13.2 Å². The summed E-state index contributed by atoms with van der Waals surface area (Å²) >= 11 is 0. The zero-order chi connectivity index (χ0) is 11.1. The summed E-state index contributed by atoms with van der Waals surface area (Å²) in [6.45, 7) is 1.87. The Morgan fingerprint density at radius 2 is 2.13 bits per heavy atom. The first-order valence-electron chi connectivity index (χ1n) is 5.12. The van der Waals surface area contributed by atoms with Crippen molar-refractivity contribution >= 4 is 0 Å². The minimum absolute atomic E-state index is 0.0136. The van der Waals surface area contributed by atoms with Gasteiger partial charge in [-0.2, -0.15) is 0 Å². The molecule has 4 heteroatoms. The van der Waals surface area contributed by atoms with Gasteiger partial charge in [0.2, 0.25) is 0 Å². The van der Waals surface area contributed by atoms with Gasteiger partial charge in [0.15, 0.2) is 0 Å². The van der Waals surface area contributed by atoms with Crippen LogP contribution in [-0.2, 0) is 0 Å². The van der Waals surface area contributed by atoms with Gasteiger partial charge in [0.1, 0.15) is 17.8 Å². The van der Waals surface area contributed by atoms with E-state index in [1.807, 2.05) is 0 Å². The smallest absolute Gasteiger partial charge is 0.114 e. The maximum atomic E-state index is 13.7. The molecule has 0 aromatic carbocycles. The van der Waals surface area contributed by atoms with E-state index in [4.69, 9.17) is 0 Å². The van der Waals surface area contributed by atoms with Gasteiger partial charge in [-0.25, -0.2) is 13.2 Å². The first kappa shape index (κ1) is 10.7. The molecule has 0 spiro atoms. The van der Waals surface area contributed by atoms with Crippen LogP contribution in [0.5, 0.6) is 0 Å². The van der Waals surface area contributed by atoms with E-state index in [0.29, 0.717) is 0 Å². The summed E-state index contributed by atoms with van der Waals surface area (Å²) in [5.41, 5.74) is -0.931. The van der Waals surface area contributed by atoms with Crippen LogP contribution in [0, 0.1) is 5.41 Å². The molecule has 0 radical (unpaired) electrons. The average molecular weight is 217 g/mol. The Morgan fingerprint density at radius 3 is 2.73 bits per heavy atom. The predicted octanol–water partition coefficient (Wildman–Crippen LogP) is 2.80. The largest absolute Gasteiger partial charge is 0.310 e. The molecule has 84 valence electrons. The molecule has 1 N–H and O–H groups in total. The second kappa shape index (κ2) is 3.67. The number of alkyl halides is 1. The third kappa shape index (κ3) is 1.83. The van der Waals surface area contributed by atoms with E-state index >= 15 is 0 Å². The fourth-order valence-corrected chi connectivity index (χ4v) is 2.32. The highest BCUT2D eigenvalue weighted by Crippen LogP contribution is 2.44. The lowest BCUT2D eigenvalue weighted by molar-refractivity contribution is 0.210. The van der Waals surface area contributed by atoms with Crippen LogP contribution in [0.3, 0.4) is 0 Å². The molecule has 15 heavy (non-hydrogen) atoms. The van der Waals surface area contributed by atoms with Gasteiger partial charge in [0.05, 0.1) is 0 Å². The van der Waals surface area contributed by atoms with Crippen LogP contribution in [0.25, 0.3) is 0 Å². The molecule has 2 aliphatic rings. The molecule has 0 amide bonds. The van der Waals surface area contributed by atoms with Gasteiger partial charge in [-0.05, 0) is 18.6 Å². The second-order valence-corrected chi connectivity index (χ2v) is 4.52. The number of hydrogen-bond donors (Lipinski definition) is 1. The summed E-state index contributed by atoms with van der Waals surface area (Å²) in [5.74, 6) is -0.710. The maximum absolute atomic E-state index is 13.7. The van der Waals surface area contributed by atoms with Crippen molar-refractivity contribution in [3.63, 3.8) is 0 Å². The first-order chi connectivity index (χ1) is 7.02. The Balaban J connectivity index is 2.20. The third-order valence-corrected chi connectivity index (χ3v) is 3.34. The highest BCUT2D eigenvalue weighted by molar-refractivity contribution is 5.26. The Labute approximate surface area is 87.0 Å². The third-order valence-electron chi connectivity index (χ3n) is 3.34. The van der Waals surface area contributed by atoms with Crippen molar-refractivity contribution in [2.45, 2.75) is 32.0 Å². The molecule has 1 nitrogen and oxygen atoms in total. The minimum atomic E-state index is -0.950. The Hall–Kier alpha value is -0.770. The highest BCUT2D eigenvalue weighted by Gasteiger charge is 2.44. The van der Waals surface area contributed by atoms with E-state index in [1.54, 1.807) is 6.92 Å². The van der Waals surface area contributed by atoms with Crippen LogP contribution in [0.2, 0.25) is 0 Å². The van der Waals surface area contributed by atoms with Gasteiger partial charge < -0.3 is 5.32 Å². The molecule has 3 atom stereocenters. The first-order valence-corrected chi connectivity index (χ1v) is 5.12. The summed E-state index contributed by atoms with van der Waals surface area (Å²) < 4.78 is 39.8. The van der Waals surface area contributed by atoms with Crippen molar-refractivity contribution in [3.8, 4) is 0 Å². The molecule has 1 unspecified atom stereocenters. The average Bonchev–Trinajstić information content (AvgIpc) is 2.59. The zero-order valence-electron chi connectivity index (χ0n) is 8.56. The molecular formula is C11H14F3N. The Morgan fingerprint density at radius 1 is 1.40 bits per heavy atom. The van der Waals surface area contributed by atoms with Gasteiger partial charge in [0.25, 0.3) is 0 Å². The van der Waals surface area contributed by atoms with E-state index in [2.05, 4.69) is 5.32 Å². The van der Waals surface area contributed by atoms with Crippen molar-refractivity contribution in [3.05, 3.63) is 23.8 Å². The number of hydrogen-bond acceptors (Lipinski definition) is 1. The van der Waals surface area contributed by atoms with Gasteiger partial charge in [-0.3, -0.25) is 0 Å². The number of rotatable bonds is 1. The molecule has 0 saturated carbocycles. The normalized spacial score (nSPS) is 41.3. The SMILES string of the molecule is CC1([C@H]2C[C@H](F)CN2)CC(F)=CC=C1F. The Bertz CT molecular complexity index is 324. The highest BCUT2D eigenvalue weighted by atomic mass is 19.1. The van der Waals surface area contributed by atoms with Crippen LogP contribution < -0.4 is 5.32 Å². The summed E-state index contributed by atoms with van der Waals surface area (Å²) in [5, 5.41) is 2.92. The quantitative estimate of drug-likeness (QED) is 0.712. The van der Waals surface area contributed by atoms with Gasteiger partial charge in [-0.1, -0.05) is 6.92 Å². The van der Waals surface area contributed by atoms with Crippen LogP contribution in [0.1, 0.15) is 19.8 Å².